The molecule has 92 valence electrons. The van der Waals surface area contributed by atoms with E-state index in [1.165, 1.54) is 31.2 Å². The van der Waals surface area contributed by atoms with Crippen LogP contribution >= 0.6 is 0 Å². The second-order valence-electron chi connectivity index (χ2n) is 5.78. The molecule has 0 saturated heterocycles. The summed E-state index contributed by atoms with van der Waals surface area (Å²) in [6.07, 6.45) is 6.17. The highest BCUT2D eigenvalue weighted by Gasteiger charge is 2.55. The van der Waals surface area contributed by atoms with Crippen LogP contribution in [0.3, 0.4) is 0 Å². The number of hydrogen-bond donors (Lipinski definition) is 1. The van der Waals surface area contributed by atoms with E-state index in [9.17, 15) is 5.11 Å². The van der Waals surface area contributed by atoms with Gasteiger partial charge in [-0.15, -0.1) is 0 Å². The Morgan fingerprint density at radius 3 is 2.76 bits per heavy atom. The summed E-state index contributed by atoms with van der Waals surface area (Å²) >= 11 is 0. The molecular formula is C16H22O. The minimum atomic E-state index is -0.206. The zero-order valence-corrected chi connectivity index (χ0v) is 10.6. The molecule has 0 aliphatic heterocycles. The van der Waals surface area contributed by atoms with Gasteiger partial charge in [0.2, 0.25) is 0 Å². The van der Waals surface area contributed by atoms with Crippen LogP contribution in [-0.4, -0.2) is 5.11 Å². The van der Waals surface area contributed by atoms with Gasteiger partial charge in [0.1, 0.15) is 0 Å². The molecule has 3 unspecified atom stereocenters. The highest BCUT2D eigenvalue weighted by molar-refractivity contribution is 5.27. The average molecular weight is 230 g/mol. The molecule has 0 aromatic heterocycles. The van der Waals surface area contributed by atoms with Crippen LogP contribution in [0, 0.1) is 17.8 Å². The Hall–Kier alpha value is -0.820. The van der Waals surface area contributed by atoms with Crippen LogP contribution in [0.15, 0.2) is 24.3 Å². The standard InChI is InChI=1S/C16H22O/c1-2-5-11-6-3-7-12(10-11)16(17)15-13-8-4-9-14(13)15/h3,6-7,10,13-17H,2,4-5,8-9H2,1H3. The fourth-order valence-corrected chi connectivity index (χ4v) is 3.79. The SMILES string of the molecule is CCCc1cccc(C(O)C2C3CCCC32)c1. The van der Waals surface area contributed by atoms with E-state index in [4.69, 9.17) is 0 Å². The first-order valence-corrected chi connectivity index (χ1v) is 7.08. The quantitative estimate of drug-likeness (QED) is 0.836. The summed E-state index contributed by atoms with van der Waals surface area (Å²) in [4.78, 5) is 0. The molecule has 0 bridgehead atoms. The van der Waals surface area contributed by atoms with Crippen molar-refractivity contribution in [3.05, 3.63) is 35.4 Å². The Morgan fingerprint density at radius 2 is 2.06 bits per heavy atom. The lowest BCUT2D eigenvalue weighted by Crippen LogP contribution is -2.04. The van der Waals surface area contributed by atoms with Crippen LogP contribution in [0.25, 0.3) is 0 Å². The maximum Gasteiger partial charge on any atom is 0.0823 e. The van der Waals surface area contributed by atoms with Gasteiger partial charge in [0, 0.05) is 0 Å². The molecule has 3 atom stereocenters. The predicted octanol–water partition coefficient (Wildman–Crippen LogP) is 3.72. The molecule has 1 nitrogen and oxygen atoms in total. The first-order valence-electron chi connectivity index (χ1n) is 7.08. The molecule has 2 fully saturated rings. The van der Waals surface area contributed by atoms with Crippen molar-refractivity contribution >= 4 is 0 Å². The van der Waals surface area contributed by atoms with Gasteiger partial charge in [-0.1, -0.05) is 44.0 Å². The smallest absolute Gasteiger partial charge is 0.0823 e. The Labute approximate surface area is 104 Å². The second kappa shape index (κ2) is 4.45. The summed E-state index contributed by atoms with van der Waals surface area (Å²) in [5, 5.41) is 10.5. The van der Waals surface area contributed by atoms with E-state index in [2.05, 4.69) is 31.2 Å². The first kappa shape index (κ1) is 11.3. The lowest BCUT2D eigenvalue weighted by atomic mass is 9.97. The minimum absolute atomic E-state index is 0.206. The zero-order valence-electron chi connectivity index (χ0n) is 10.6. The predicted molar refractivity (Wildman–Crippen MR) is 69.7 cm³/mol. The van der Waals surface area contributed by atoms with Gasteiger partial charge < -0.3 is 5.11 Å². The molecular weight excluding hydrogens is 208 g/mol. The van der Waals surface area contributed by atoms with Gasteiger partial charge in [0.15, 0.2) is 0 Å². The maximum absolute atomic E-state index is 10.5. The Morgan fingerprint density at radius 1 is 1.29 bits per heavy atom. The normalized spacial score (nSPS) is 32.2. The number of aryl methyl sites for hydroxylation is 1. The van der Waals surface area contributed by atoms with Gasteiger partial charge in [-0.05, 0) is 48.1 Å². The second-order valence-corrected chi connectivity index (χ2v) is 5.78. The summed E-state index contributed by atoms with van der Waals surface area (Å²) < 4.78 is 0. The van der Waals surface area contributed by atoms with Crippen molar-refractivity contribution < 1.29 is 5.11 Å². The minimum Gasteiger partial charge on any atom is -0.388 e. The highest BCUT2D eigenvalue weighted by Crippen LogP contribution is 2.62. The van der Waals surface area contributed by atoms with Crippen molar-refractivity contribution in [2.45, 2.75) is 45.1 Å². The molecule has 3 rings (SSSR count). The van der Waals surface area contributed by atoms with Gasteiger partial charge in [0.05, 0.1) is 6.10 Å². The Kier molecular flexibility index (Phi) is 2.96. The van der Waals surface area contributed by atoms with E-state index in [1.54, 1.807) is 0 Å². The highest BCUT2D eigenvalue weighted by atomic mass is 16.3. The molecule has 0 spiro atoms. The van der Waals surface area contributed by atoms with Crippen molar-refractivity contribution in [1.82, 2.24) is 0 Å². The third kappa shape index (κ3) is 2.01. The van der Waals surface area contributed by atoms with Crippen molar-refractivity contribution in [2.75, 3.05) is 0 Å². The summed E-state index contributed by atoms with van der Waals surface area (Å²) in [5.74, 6) is 2.24. The third-order valence-electron chi connectivity index (χ3n) is 4.67. The Balaban J connectivity index is 1.73. The van der Waals surface area contributed by atoms with E-state index < -0.39 is 0 Å². The molecule has 1 aromatic carbocycles. The van der Waals surface area contributed by atoms with Crippen LogP contribution in [0.1, 0.15) is 49.8 Å². The maximum atomic E-state index is 10.5. The van der Waals surface area contributed by atoms with Crippen molar-refractivity contribution in [3.63, 3.8) is 0 Å². The van der Waals surface area contributed by atoms with Gasteiger partial charge in [-0.3, -0.25) is 0 Å². The monoisotopic (exact) mass is 230 g/mol. The van der Waals surface area contributed by atoms with Crippen LogP contribution in [-0.2, 0) is 6.42 Å². The van der Waals surface area contributed by atoms with Gasteiger partial charge in [0.25, 0.3) is 0 Å². The summed E-state index contributed by atoms with van der Waals surface area (Å²) in [7, 11) is 0. The Bertz CT molecular complexity index is 388. The lowest BCUT2D eigenvalue weighted by molar-refractivity contribution is 0.137. The van der Waals surface area contributed by atoms with Crippen molar-refractivity contribution in [2.24, 2.45) is 17.8 Å². The van der Waals surface area contributed by atoms with E-state index >= 15 is 0 Å². The molecule has 17 heavy (non-hydrogen) atoms. The number of aliphatic hydroxyl groups is 1. The zero-order chi connectivity index (χ0) is 11.8. The largest absolute Gasteiger partial charge is 0.388 e. The fraction of sp³-hybridized carbons (Fsp3) is 0.625. The summed E-state index contributed by atoms with van der Waals surface area (Å²) in [6.45, 7) is 2.20. The summed E-state index contributed by atoms with van der Waals surface area (Å²) in [5.41, 5.74) is 2.52. The molecule has 2 saturated carbocycles. The number of fused-ring (bicyclic) bond motifs is 1. The third-order valence-corrected chi connectivity index (χ3v) is 4.67. The molecule has 1 aromatic rings. The van der Waals surface area contributed by atoms with Crippen molar-refractivity contribution in [3.8, 4) is 0 Å². The molecule has 0 heterocycles. The average Bonchev–Trinajstić information content (AvgIpc) is 2.82. The van der Waals surface area contributed by atoms with Gasteiger partial charge in [-0.2, -0.15) is 0 Å². The van der Waals surface area contributed by atoms with Crippen molar-refractivity contribution in [1.29, 1.82) is 0 Å². The van der Waals surface area contributed by atoms with Crippen LogP contribution in [0.2, 0.25) is 0 Å². The topological polar surface area (TPSA) is 20.2 Å². The van der Waals surface area contributed by atoms with E-state index in [-0.39, 0.29) is 6.10 Å². The fourth-order valence-electron chi connectivity index (χ4n) is 3.79. The number of aliphatic hydroxyl groups excluding tert-OH is 1. The lowest BCUT2D eigenvalue weighted by Gasteiger charge is -2.14. The number of benzene rings is 1. The number of rotatable bonds is 4. The van der Waals surface area contributed by atoms with Crippen LogP contribution in [0.5, 0.6) is 0 Å². The van der Waals surface area contributed by atoms with Gasteiger partial charge in [-0.25, -0.2) is 0 Å². The van der Waals surface area contributed by atoms with Crippen LogP contribution < -0.4 is 0 Å². The number of hydrogen-bond acceptors (Lipinski definition) is 1. The molecule has 1 heteroatoms. The van der Waals surface area contributed by atoms with E-state index in [0.717, 1.165) is 23.8 Å². The molecule has 0 radical (unpaired) electrons. The first-order chi connectivity index (χ1) is 8.31. The molecule has 0 amide bonds. The van der Waals surface area contributed by atoms with E-state index in [1.807, 2.05) is 0 Å². The molecule has 1 N–H and O–H groups in total. The van der Waals surface area contributed by atoms with E-state index in [0.29, 0.717) is 5.92 Å². The van der Waals surface area contributed by atoms with Gasteiger partial charge >= 0.3 is 0 Å². The van der Waals surface area contributed by atoms with Crippen LogP contribution in [0.4, 0.5) is 0 Å². The molecule has 2 aliphatic rings. The molecule has 2 aliphatic carbocycles. The summed E-state index contributed by atoms with van der Waals surface area (Å²) in [6, 6.07) is 8.58.